The lowest BCUT2D eigenvalue weighted by atomic mass is 9.78. The van der Waals surface area contributed by atoms with Crippen LogP contribution in [0.3, 0.4) is 0 Å². The van der Waals surface area contributed by atoms with Gasteiger partial charge in [0.1, 0.15) is 0 Å². The highest BCUT2D eigenvalue weighted by molar-refractivity contribution is 5.19. The van der Waals surface area contributed by atoms with E-state index in [2.05, 4.69) is 47.6 Å². The topological polar surface area (TPSA) is 15.3 Å². The number of nitrogens with zero attached hydrogens (tertiary/aromatic N) is 1. The molecule has 0 radical (unpaired) electrons. The molecule has 1 aromatic rings. The Morgan fingerprint density at radius 2 is 1.85 bits per heavy atom. The molecule has 20 heavy (non-hydrogen) atoms. The molecule has 0 amide bonds. The van der Waals surface area contributed by atoms with Crippen LogP contribution in [0.15, 0.2) is 30.3 Å². The molecule has 1 N–H and O–H groups in total. The predicted octanol–water partition coefficient (Wildman–Crippen LogP) is 3.60. The molecule has 2 aliphatic rings. The Hall–Kier alpha value is -0.860. The Balaban J connectivity index is 1.68. The van der Waals surface area contributed by atoms with Crippen LogP contribution >= 0.6 is 0 Å². The van der Waals surface area contributed by atoms with Crippen molar-refractivity contribution < 1.29 is 0 Å². The molecular formula is C18H28N2. The van der Waals surface area contributed by atoms with Gasteiger partial charge in [0.25, 0.3) is 0 Å². The first kappa shape index (κ1) is 14.1. The van der Waals surface area contributed by atoms with Gasteiger partial charge in [-0.1, -0.05) is 43.2 Å². The lowest BCUT2D eigenvalue weighted by Gasteiger charge is -2.45. The lowest BCUT2D eigenvalue weighted by Crippen LogP contribution is -2.49. The normalized spacial score (nSPS) is 28.9. The molecule has 3 atom stereocenters. The van der Waals surface area contributed by atoms with Gasteiger partial charge in [-0.15, -0.1) is 0 Å². The molecule has 0 aromatic heterocycles. The zero-order valence-corrected chi connectivity index (χ0v) is 12.7. The number of benzene rings is 1. The van der Waals surface area contributed by atoms with E-state index in [0.717, 1.165) is 12.0 Å². The maximum Gasteiger partial charge on any atom is 0.0446 e. The van der Waals surface area contributed by atoms with Crippen LogP contribution in [0, 0.1) is 5.92 Å². The van der Waals surface area contributed by atoms with Gasteiger partial charge in [-0.2, -0.15) is 0 Å². The standard InChI is InChI=1S/C18H28N2/c1-19-17(15-8-3-2-4-9-15)14-20-13-7-11-16-10-5-6-12-18(16)20/h2-4,8-9,16-19H,5-7,10-14H2,1H3. The second-order valence-electron chi connectivity index (χ2n) is 6.50. The molecular weight excluding hydrogens is 244 g/mol. The van der Waals surface area contributed by atoms with E-state index in [1.165, 1.54) is 57.2 Å². The summed E-state index contributed by atoms with van der Waals surface area (Å²) in [5, 5.41) is 3.52. The van der Waals surface area contributed by atoms with Crippen molar-refractivity contribution in [1.29, 1.82) is 0 Å². The van der Waals surface area contributed by atoms with E-state index >= 15 is 0 Å². The molecule has 1 aliphatic carbocycles. The quantitative estimate of drug-likeness (QED) is 0.901. The number of hydrogen-bond acceptors (Lipinski definition) is 2. The fourth-order valence-corrected chi connectivity index (χ4v) is 4.24. The van der Waals surface area contributed by atoms with Crippen LogP contribution in [0.1, 0.15) is 50.1 Å². The van der Waals surface area contributed by atoms with Crippen molar-refractivity contribution in [2.24, 2.45) is 5.92 Å². The average Bonchev–Trinajstić information content (AvgIpc) is 2.53. The van der Waals surface area contributed by atoms with Gasteiger partial charge in [0, 0.05) is 18.6 Å². The smallest absolute Gasteiger partial charge is 0.0446 e. The van der Waals surface area contributed by atoms with Gasteiger partial charge in [0.15, 0.2) is 0 Å². The van der Waals surface area contributed by atoms with Crippen molar-refractivity contribution in [3.05, 3.63) is 35.9 Å². The fourth-order valence-electron chi connectivity index (χ4n) is 4.24. The van der Waals surface area contributed by atoms with Crippen LogP contribution in [0.5, 0.6) is 0 Å². The highest BCUT2D eigenvalue weighted by Crippen LogP contribution is 2.35. The molecule has 0 spiro atoms. The SMILES string of the molecule is CNC(CN1CCCC2CCCCC21)c1ccccc1. The summed E-state index contributed by atoms with van der Waals surface area (Å²) in [4.78, 5) is 2.78. The molecule has 2 nitrogen and oxygen atoms in total. The van der Waals surface area contributed by atoms with Crippen LogP contribution in [0.4, 0.5) is 0 Å². The Labute approximate surface area is 123 Å². The molecule has 1 aromatic carbocycles. The molecule has 2 fully saturated rings. The van der Waals surface area contributed by atoms with E-state index in [4.69, 9.17) is 0 Å². The van der Waals surface area contributed by atoms with Gasteiger partial charge in [-0.3, -0.25) is 4.90 Å². The van der Waals surface area contributed by atoms with E-state index < -0.39 is 0 Å². The Bertz CT molecular complexity index is 401. The molecule has 3 unspecified atom stereocenters. The Morgan fingerprint density at radius 3 is 2.65 bits per heavy atom. The first-order valence-corrected chi connectivity index (χ1v) is 8.35. The average molecular weight is 272 g/mol. The number of likely N-dealkylation sites (tertiary alicyclic amines) is 1. The van der Waals surface area contributed by atoms with Crippen LogP contribution in [0.25, 0.3) is 0 Å². The summed E-state index contributed by atoms with van der Waals surface area (Å²) < 4.78 is 0. The second kappa shape index (κ2) is 6.73. The van der Waals surface area contributed by atoms with Crippen LogP contribution < -0.4 is 5.32 Å². The zero-order valence-electron chi connectivity index (χ0n) is 12.7. The summed E-state index contributed by atoms with van der Waals surface area (Å²) in [5.41, 5.74) is 1.42. The van der Waals surface area contributed by atoms with Gasteiger partial charge in [-0.25, -0.2) is 0 Å². The van der Waals surface area contributed by atoms with Crippen LogP contribution in [-0.2, 0) is 0 Å². The second-order valence-corrected chi connectivity index (χ2v) is 6.50. The Kier molecular flexibility index (Phi) is 4.74. The molecule has 3 rings (SSSR count). The fraction of sp³-hybridized carbons (Fsp3) is 0.667. The molecule has 1 saturated carbocycles. The van der Waals surface area contributed by atoms with Crippen molar-refractivity contribution in [3.8, 4) is 0 Å². The van der Waals surface area contributed by atoms with Crippen molar-refractivity contribution in [1.82, 2.24) is 10.2 Å². The van der Waals surface area contributed by atoms with E-state index in [9.17, 15) is 0 Å². The summed E-state index contributed by atoms with van der Waals surface area (Å²) in [5.74, 6) is 0.978. The maximum atomic E-state index is 3.52. The van der Waals surface area contributed by atoms with Gasteiger partial charge in [-0.05, 0) is 50.8 Å². The van der Waals surface area contributed by atoms with E-state index in [-0.39, 0.29) is 0 Å². The number of fused-ring (bicyclic) bond motifs is 1. The van der Waals surface area contributed by atoms with Gasteiger partial charge < -0.3 is 5.32 Å². The third-order valence-electron chi connectivity index (χ3n) is 5.33. The third-order valence-corrected chi connectivity index (χ3v) is 5.33. The highest BCUT2D eigenvalue weighted by Gasteiger charge is 2.33. The molecule has 1 heterocycles. The molecule has 0 bridgehead atoms. The van der Waals surface area contributed by atoms with Gasteiger partial charge in [0.2, 0.25) is 0 Å². The summed E-state index contributed by atoms with van der Waals surface area (Å²) in [6.45, 7) is 2.47. The predicted molar refractivity (Wildman–Crippen MR) is 84.8 cm³/mol. The largest absolute Gasteiger partial charge is 0.312 e. The Morgan fingerprint density at radius 1 is 1.10 bits per heavy atom. The van der Waals surface area contributed by atoms with Crippen molar-refractivity contribution in [2.75, 3.05) is 20.1 Å². The number of piperidine rings is 1. The first-order chi connectivity index (χ1) is 9.88. The number of nitrogens with one attached hydrogen (secondary N) is 1. The minimum absolute atomic E-state index is 0.469. The summed E-state index contributed by atoms with van der Waals surface area (Å²) in [6, 6.07) is 12.2. The summed E-state index contributed by atoms with van der Waals surface area (Å²) in [6.07, 6.45) is 8.66. The number of likely N-dealkylation sites (N-methyl/N-ethyl adjacent to an activating group) is 1. The van der Waals surface area contributed by atoms with Crippen LogP contribution in [-0.4, -0.2) is 31.1 Å². The molecule has 1 aliphatic heterocycles. The molecule has 110 valence electrons. The van der Waals surface area contributed by atoms with Crippen molar-refractivity contribution in [2.45, 2.75) is 50.6 Å². The third kappa shape index (κ3) is 3.07. The van der Waals surface area contributed by atoms with E-state index in [1.54, 1.807) is 0 Å². The first-order valence-electron chi connectivity index (χ1n) is 8.35. The van der Waals surface area contributed by atoms with Crippen molar-refractivity contribution in [3.63, 3.8) is 0 Å². The lowest BCUT2D eigenvalue weighted by molar-refractivity contribution is 0.0535. The monoisotopic (exact) mass is 272 g/mol. The van der Waals surface area contributed by atoms with Crippen molar-refractivity contribution >= 4 is 0 Å². The maximum absolute atomic E-state index is 3.52. The van der Waals surface area contributed by atoms with E-state index in [1.807, 2.05) is 0 Å². The molecule has 1 saturated heterocycles. The summed E-state index contributed by atoms with van der Waals surface area (Å²) in [7, 11) is 2.10. The number of hydrogen-bond donors (Lipinski definition) is 1. The minimum Gasteiger partial charge on any atom is -0.312 e. The van der Waals surface area contributed by atoms with E-state index in [0.29, 0.717) is 6.04 Å². The van der Waals surface area contributed by atoms with Crippen LogP contribution in [0.2, 0.25) is 0 Å². The van der Waals surface area contributed by atoms with Gasteiger partial charge in [0.05, 0.1) is 0 Å². The van der Waals surface area contributed by atoms with Gasteiger partial charge >= 0.3 is 0 Å². The number of rotatable bonds is 4. The highest BCUT2D eigenvalue weighted by atomic mass is 15.2. The molecule has 2 heteroatoms. The summed E-state index contributed by atoms with van der Waals surface area (Å²) >= 11 is 0. The minimum atomic E-state index is 0.469. The zero-order chi connectivity index (χ0) is 13.8.